The molecule has 144 valence electrons. The Bertz CT molecular complexity index is 992. The summed E-state index contributed by atoms with van der Waals surface area (Å²) in [7, 11) is 0. The van der Waals surface area contributed by atoms with E-state index in [0.29, 0.717) is 24.1 Å². The quantitative estimate of drug-likeness (QED) is 0.714. The molecular weight excluding hydrogens is 372 g/mol. The minimum atomic E-state index is -0.444. The molecule has 0 bridgehead atoms. The summed E-state index contributed by atoms with van der Waals surface area (Å²) >= 11 is 1.62. The summed E-state index contributed by atoms with van der Waals surface area (Å²) in [5, 5.41) is 16.9. The SMILES string of the molecule is O=C(c1csc2ccccc12)N1C[C@H]2C[C@@H](Nc3cnccn3)[C@H](O)C[C@H]2C1. The maximum absolute atomic E-state index is 13.2. The van der Waals surface area contributed by atoms with E-state index in [1.54, 1.807) is 29.9 Å². The van der Waals surface area contributed by atoms with Crippen molar-refractivity contribution in [2.45, 2.75) is 25.0 Å². The van der Waals surface area contributed by atoms with Crippen LogP contribution in [-0.4, -0.2) is 51.1 Å². The fourth-order valence-corrected chi connectivity index (χ4v) is 5.56. The number of nitrogens with one attached hydrogen (secondary N) is 1. The van der Waals surface area contributed by atoms with E-state index in [1.165, 1.54) is 0 Å². The summed E-state index contributed by atoms with van der Waals surface area (Å²) < 4.78 is 1.14. The van der Waals surface area contributed by atoms with Crippen LogP contribution >= 0.6 is 11.3 Å². The lowest BCUT2D eigenvalue weighted by Crippen LogP contribution is -2.43. The van der Waals surface area contributed by atoms with Gasteiger partial charge in [-0.1, -0.05) is 18.2 Å². The van der Waals surface area contributed by atoms with Gasteiger partial charge in [0.1, 0.15) is 5.82 Å². The highest BCUT2D eigenvalue weighted by molar-refractivity contribution is 7.17. The van der Waals surface area contributed by atoms with E-state index in [9.17, 15) is 9.90 Å². The summed E-state index contributed by atoms with van der Waals surface area (Å²) in [4.78, 5) is 23.5. The van der Waals surface area contributed by atoms with Crippen LogP contribution in [0.1, 0.15) is 23.2 Å². The summed E-state index contributed by atoms with van der Waals surface area (Å²) in [5.74, 6) is 1.54. The average molecular weight is 395 g/mol. The summed E-state index contributed by atoms with van der Waals surface area (Å²) in [6, 6.07) is 8.00. The summed E-state index contributed by atoms with van der Waals surface area (Å²) in [5.41, 5.74) is 0.800. The lowest BCUT2D eigenvalue weighted by atomic mass is 9.77. The third kappa shape index (κ3) is 3.14. The number of thiophene rings is 1. The smallest absolute Gasteiger partial charge is 0.255 e. The Morgan fingerprint density at radius 3 is 2.82 bits per heavy atom. The molecule has 2 aromatic heterocycles. The number of benzene rings is 1. The van der Waals surface area contributed by atoms with Crippen molar-refractivity contribution < 1.29 is 9.90 Å². The van der Waals surface area contributed by atoms with E-state index in [0.717, 1.165) is 35.2 Å². The van der Waals surface area contributed by atoms with E-state index in [1.807, 2.05) is 28.5 Å². The molecule has 1 aliphatic carbocycles. The number of aromatic nitrogens is 2. The normalized spacial score (nSPS) is 27.0. The van der Waals surface area contributed by atoms with Gasteiger partial charge in [-0.2, -0.15) is 0 Å². The minimum absolute atomic E-state index is 0.0602. The standard InChI is InChI=1S/C21H22N4O2S/c26-18-8-14-11-25(21(27)16-12-28-19-4-2-1-3-15(16)19)10-13(14)7-17(18)24-20-9-22-5-6-23-20/h1-6,9,12-14,17-18,26H,7-8,10-11H2,(H,23,24)/t13-,14+,17-,18-/m1/s1. The molecule has 1 saturated carbocycles. The molecule has 2 aliphatic rings. The Labute approximate surface area is 167 Å². The maximum Gasteiger partial charge on any atom is 0.255 e. The third-order valence-corrected chi connectivity index (χ3v) is 7.00. The fraction of sp³-hybridized carbons (Fsp3) is 0.381. The van der Waals surface area contributed by atoms with Crippen LogP contribution < -0.4 is 5.32 Å². The highest BCUT2D eigenvalue weighted by Gasteiger charge is 2.43. The molecule has 1 aromatic carbocycles. The predicted octanol–water partition coefficient (Wildman–Crippen LogP) is 3.01. The number of amides is 1. The van der Waals surface area contributed by atoms with Gasteiger partial charge in [0.25, 0.3) is 5.91 Å². The Balaban J connectivity index is 1.30. The Morgan fingerprint density at radius 2 is 2.00 bits per heavy atom. The van der Waals surface area contributed by atoms with Crippen molar-refractivity contribution in [2.24, 2.45) is 11.8 Å². The second-order valence-electron chi connectivity index (χ2n) is 7.76. The van der Waals surface area contributed by atoms with E-state index in [-0.39, 0.29) is 11.9 Å². The van der Waals surface area contributed by atoms with Crippen LogP contribution in [-0.2, 0) is 0 Å². The third-order valence-electron chi connectivity index (χ3n) is 6.04. The van der Waals surface area contributed by atoms with Crippen LogP contribution in [0.2, 0.25) is 0 Å². The van der Waals surface area contributed by atoms with Crippen LogP contribution in [0.3, 0.4) is 0 Å². The van der Waals surface area contributed by atoms with Gasteiger partial charge in [-0.15, -0.1) is 11.3 Å². The first-order valence-corrected chi connectivity index (χ1v) is 10.5. The van der Waals surface area contributed by atoms with E-state index in [4.69, 9.17) is 0 Å². The molecule has 0 unspecified atom stereocenters. The van der Waals surface area contributed by atoms with Gasteiger partial charge in [0, 0.05) is 40.9 Å². The Kier molecular flexibility index (Phi) is 4.49. The lowest BCUT2D eigenvalue weighted by Gasteiger charge is -2.35. The first kappa shape index (κ1) is 17.6. The van der Waals surface area contributed by atoms with Gasteiger partial charge in [-0.05, 0) is 30.7 Å². The zero-order valence-electron chi connectivity index (χ0n) is 15.4. The van der Waals surface area contributed by atoms with Crippen molar-refractivity contribution in [3.63, 3.8) is 0 Å². The van der Waals surface area contributed by atoms with Gasteiger partial charge >= 0.3 is 0 Å². The molecule has 2 N–H and O–H groups in total. The van der Waals surface area contributed by atoms with E-state index in [2.05, 4.69) is 21.4 Å². The van der Waals surface area contributed by atoms with Gasteiger partial charge in [-0.25, -0.2) is 4.98 Å². The summed E-state index contributed by atoms with van der Waals surface area (Å²) in [6.07, 6.45) is 6.03. The first-order valence-electron chi connectivity index (χ1n) is 9.65. The number of aliphatic hydroxyl groups is 1. The Morgan fingerprint density at radius 1 is 1.18 bits per heavy atom. The number of nitrogens with zero attached hydrogens (tertiary/aromatic N) is 3. The zero-order chi connectivity index (χ0) is 19.1. The molecule has 28 heavy (non-hydrogen) atoms. The molecule has 1 saturated heterocycles. The monoisotopic (exact) mass is 394 g/mol. The van der Waals surface area contributed by atoms with Gasteiger partial charge in [-0.3, -0.25) is 9.78 Å². The second-order valence-corrected chi connectivity index (χ2v) is 8.67. The highest BCUT2D eigenvalue weighted by atomic mass is 32.1. The van der Waals surface area contributed by atoms with Crippen LogP contribution in [0.25, 0.3) is 10.1 Å². The van der Waals surface area contributed by atoms with Crippen molar-refractivity contribution in [1.29, 1.82) is 0 Å². The largest absolute Gasteiger partial charge is 0.391 e. The molecule has 4 atom stereocenters. The average Bonchev–Trinajstić information content (AvgIpc) is 3.32. The molecule has 7 heteroatoms. The predicted molar refractivity (Wildman–Crippen MR) is 109 cm³/mol. The molecule has 2 fully saturated rings. The number of aliphatic hydroxyl groups excluding tert-OH is 1. The minimum Gasteiger partial charge on any atom is -0.391 e. The number of carbonyl (C=O) groups excluding carboxylic acids is 1. The number of carbonyl (C=O) groups is 1. The van der Waals surface area contributed by atoms with E-state index >= 15 is 0 Å². The van der Waals surface area contributed by atoms with Gasteiger partial charge < -0.3 is 15.3 Å². The lowest BCUT2D eigenvalue weighted by molar-refractivity contribution is 0.0727. The van der Waals surface area contributed by atoms with Crippen molar-refractivity contribution in [3.05, 3.63) is 53.8 Å². The molecule has 3 heterocycles. The van der Waals surface area contributed by atoms with Crippen LogP contribution in [0.5, 0.6) is 0 Å². The molecule has 3 aromatic rings. The van der Waals surface area contributed by atoms with Crippen LogP contribution in [0.15, 0.2) is 48.2 Å². The molecule has 0 radical (unpaired) electrons. The maximum atomic E-state index is 13.2. The van der Waals surface area contributed by atoms with Gasteiger partial charge in [0.05, 0.1) is 23.9 Å². The second kappa shape index (κ2) is 7.14. The first-order chi connectivity index (χ1) is 13.7. The molecule has 1 aliphatic heterocycles. The van der Waals surface area contributed by atoms with Crippen molar-refractivity contribution >= 4 is 33.1 Å². The Hall–Kier alpha value is -2.51. The van der Waals surface area contributed by atoms with Gasteiger partial charge in [0.15, 0.2) is 0 Å². The number of anilines is 1. The highest BCUT2D eigenvalue weighted by Crippen LogP contribution is 2.38. The number of rotatable bonds is 3. The topological polar surface area (TPSA) is 78.4 Å². The molecule has 6 nitrogen and oxygen atoms in total. The number of hydrogen-bond donors (Lipinski definition) is 2. The number of likely N-dealkylation sites (tertiary alicyclic amines) is 1. The number of fused-ring (bicyclic) bond motifs is 2. The van der Waals surface area contributed by atoms with Crippen molar-refractivity contribution in [2.75, 3.05) is 18.4 Å². The zero-order valence-corrected chi connectivity index (χ0v) is 16.2. The van der Waals surface area contributed by atoms with Crippen molar-refractivity contribution in [1.82, 2.24) is 14.9 Å². The molecular formula is C21H22N4O2S. The number of hydrogen-bond acceptors (Lipinski definition) is 6. The van der Waals surface area contributed by atoms with Crippen molar-refractivity contribution in [3.8, 4) is 0 Å². The molecule has 5 rings (SSSR count). The van der Waals surface area contributed by atoms with Gasteiger partial charge in [0.2, 0.25) is 0 Å². The fourth-order valence-electron chi connectivity index (χ4n) is 4.63. The van der Waals surface area contributed by atoms with Crippen LogP contribution in [0, 0.1) is 11.8 Å². The van der Waals surface area contributed by atoms with Crippen LogP contribution in [0.4, 0.5) is 5.82 Å². The molecule has 1 amide bonds. The van der Waals surface area contributed by atoms with E-state index < -0.39 is 6.10 Å². The summed E-state index contributed by atoms with van der Waals surface area (Å²) in [6.45, 7) is 1.47. The molecule has 0 spiro atoms.